The lowest BCUT2D eigenvalue weighted by atomic mass is 9.85. The lowest BCUT2D eigenvalue weighted by Crippen LogP contribution is -2.34. The molecule has 19 heavy (non-hydrogen) atoms. The van der Waals surface area contributed by atoms with E-state index in [9.17, 15) is 4.79 Å². The van der Waals surface area contributed by atoms with E-state index < -0.39 is 0 Å². The molecule has 0 saturated heterocycles. The van der Waals surface area contributed by atoms with E-state index in [1.807, 2.05) is 30.3 Å². The standard InChI is InChI=1S/C16H26O2Si/c1-4-9-13(3)16(19,12-5-2)15(17)18-14-10-7-6-8-11-14/h6-8,10-11,13H,4-5,9,12H2,1-3,19H3. The molecule has 0 aliphatic carbocycles. The molecule has 1 aromatic rings. The highest BCUT2D eigenvalue weighted by Gasteiger charge is 2.39. The number of carbonyl (C=O) groups excluding carboxylic acids is 1. The van der Waals surface area contributed by atoms with Gasteiger partial charge in [-0.1, -0.05) is 58.2 Å². The van der Waals surface area contributed by atoms with Crippen molar-refractivity contribution < 1.29 is 9.53 Å². The summed E-state index contributed by atoms with van der Waals surface area (Å²) in [5.74, 6) is 1.03. The van der Waals surface area contributed by atoms with Gasteiger partial charge in [-0.15, -0.1) is 0 Å². The number of benzene rings is 1. The highest BCUT2D eigenvalue weighted by atomic mass is 28.1. The van der Waals surface area contributed by atoms with Gasteiger partial charge in [-0.05, 0) is 24.5 Å². The molecule has 2 nitrogen and oxygen atoms in total. The Hall–Kier alpha value is -1.09. The van der Waals surface area contributed by atoms with E-state index in [0.717, 1.165) is 35.9 Å². The Kier molecular flexibility index (Phi) is 6.29. The highest BCUT2D eigenvalue weighted by Crippen LogP contribution is 2.41. The van der Waals surface area contributed by atoms with E-state index in [4.69, 9.17) is 4.74 Å². The van der Waals surface area contributed by atoms with Crippen LogP contribution in [0.5, 0.6) is 5.75 Å². The monoisotopic (exact) mass is 278 g/mol. The molecule has 0 radical (unpaired) electrons. The van der Waals surface area contributed by atoms with Crippen LogP contribution in [0.1, 0.15) is 46.5 Å². The van der Waals surface area contributed by atoms with E-state index in [-0.39, 0.29) is 11.0 Å². The molecule has 0 fully saturated rings. The van der Waals surface area contributed by atoms with Crippen LogP contribution in [-0.4, -0.2) is 16.2 Å². The first-order chi connectivity index (χ1) is 9.04. The van der Waals surface area contributed by atoms with E-state index in [0.29, 0.717) is 11.7 Å². The lowest BCUT2D eigenvalue weighted by molar-refractivity contribution is -0.139. The molecule has 0 amide bonds. The van der Waals surface area contributed by atoms with Crippen molar-refractivity contribution in [1.29, 1.82) is 0 Å². The molecular formula is C16H26O2Si. The Balaban J connectivity index is 2.83. The maximum Gasteiger partial charge on any atom is 0.313 e. The van der Waals surface area contributed by atoms with Crippen LogP contribution < -0.4 is 4.74 Å². The molecule has 0 spiro atoms. The number of hydrogen-bond acceptors (Lipinski definition) is 2. The van der Waals surface area contributed by atoms with Crippen molar-refractivity contribution in [1.82, 2.24) is 0 Å². The molecular weight excluding hydrogens is 252 g/mol. The molecule has 1 rings (SSSR count). The first-order valence-corrected chi connectivity index (χ1v) is 8.32. The minimum absolute atomic E-state index is 0.0341. The normalized spacial score (nSPS) is 15.7. The largest absolute Gasteiger partial charge is 0.426 e. The van der Waals surface area contributed by atoms with Gasteiger partial charge in [0.05, 0.1) is 5.04 Å². The van der Waals surface area contributed by atoms with Crippen molar-refractivity contribution in [2.45, 2.75) is 51.5 Å². The third-order valence-electron chi connectivity index (χ3n) is 4.00. The Morgan fingerprint density at radius 2 is 1.89 bits per heavy atom. The SMILES string of the molecule is CCCC(C)C([SiH3])(CCC)C(=O)Oc1ccccc1. The van der Waals surface area contributed by atoms with Crippen LogP contribution in [0.4, 0.5) is 0 Å². The summed E-state index contributed by atoms with van der Waals surface area (Å²) in [6, 6.07) is 9.41. The lowest BCUT2D eigenvalue weighted by Gasteiger charge is -2.33. The molecule has 0 aliphatic heterocycles. The molecule has 1 aromatic carbocycles. The van der Waals surface area contributed by atoms with Gasteiger partial charge in [-0.25, -0.2) is 0 Å². The number of hydrogen-bond donors (Lipinski definition) is 0. The molecule has 0 bridgehead atoms. The van der Waals surface area contributed by atoms with E-state index >= 15 is 0 Å². The summed E-state index contributed by atoms with van der Waals surface area (Å²) in [6.07, 6.45) is 4.17. The predicted molar refractivity (Wildman–Crippen MR) is 83.7 cm³/mol. The fourth-order valence-electron chi connectivity index (χ4n) is 2.53. The van der Waals surface area contributed by atoms with Gasteiger partial charge in [0.2, 0.25) is 0 Å². The van der Waals surface area contributed by atoms with Gasteiger partial charge >= 0.3 is 5.97 Å². The van der Waals surface area contributed by atoms with Crippen LogP contribution in [0.2, 0.25) is 5.04 Å². The predicted octanol–water partition coefficient (Wildman–Crippen LogP) is 3.35. The van der Waals surface area contributed by atoms with Crippen LogP contribution in [0.3, 0.4) is 0 Å². The minimum Gasteiger partial charge on any atom is -0.426 e. The molecule has 0 aromatic heterocycles. The van der Waals surface area contributed by atoms with Gasteiger partial charge in [0, 0.05) is 10.2 Å². The summed E-state index contributed by atoms with van der Waals surface area (Å²) < 4.78 is 5.60. The maximum absolute atomic E-state index is 12.6. The van der Waals surface area contributed by atoms with Crippen LogP contribution in [-0.2, 0) is 4.79 Å². The third kappa shape index (κ3) is 4.20. The van der Waals surface area contributed by atoms with Crippen LogP contribution in [0, 0.1) is 5.92 Å². The van der Waals surface area contributed by atoms with E-state index in [1.165, 1.54) is 0 Å². The molecule has 0 N–H and O–H groups in total. The first kappa shape index (κ1) is 16.0. The Morgan fingerprint density at radius 1 is 1.26 bits per heavy atom. The van der Waals surface area contributed by atoms with E-state index in [2.05, 4.69) is 20.8 Å². The zero-order valence-corrected chi connectivity index (χ0v) is 14.6. The fourth-order valence-corrected chi connectivity index (χ4v) is 3.42. The quantitative estimate of drug-likeness (QED) is 0.434. The highest BCUT2D eigenvalue weighted by molar-refractivity contribution is 6.27. The maximum atomic E-state index is 12.6. The summed E-state index contributed by atoms with van der Waals surface area (Å²) in [5.41, 5.74) is 0. The van der Waals surface area contributed by atoms with E-state index in [1.54, 1.807) is 0 Å². The van der Waals surface area contributed by atoms with Gasteiger partial charge in [-0.2, -0.15) is 0 Å². The number of ether oxygens (including phenoxy) is 1. The smallest absolute Gasteiger partial charge is 0.313 e. The molecule has 106 valence electrons. The average molecular weight is 278 g/mol. The van der Waals surface area contributed by atoms with Gasteiger partial charge in [-0.3, -0.25) is 4.79 Å². The summed E-state index contributed by atoms with van der Waals surface area (Å²) in [5, 5.41) is -0.249. The Bertz CT molecular complexity index is 391. The van der Waals surface area contributed by atoms with Gasteiger partial charge < -0.3 is 4.74 Å². The summed E-state index contributed by atoms with van der Waals surface area (Å²) >= 11 is 0. The molecule has 0 saturated carbocycles. The van der Waals surface area contributed by atoms with Gasteiger partial charge in [0.1, 0.15) is 5.75 Å². The van der Waals surface area contributed by atoms with Crippen LogP contribution >= 0.6 is 0 Å². The van der Waals surface area contributed by atoms with Crippen molar-refractivity contribution in [3.8, 4) is 5.75 Å². The number of para-hydroxylation sites is 1. The molecule has 2 atom stereocenters. The average Bonchev–Trinajstić information content (AvgIpc) is 2.40. The second-order valence-electron chi connectivity index (χ2n) is 5.56. The zero-order chi connectivity index (χ0) is 14.3. The molecule has 2 unspecified atom stereocenters. The Labute approximate surface area is 120 Å². The van der Waals surface area contributed by atoms with Crippen LogP contribution in [0.25, 0.3) is 0 Å². The minimum atomic E-state index is -0.249. The van der Waals surface area contributed by atoms with Crippen molar-refractivity contribution in [3.63, 3.8) is 0 Å². The summed E-state index contributed by atoms with van der Waals surface area (Å²) in [7, 11) is 0.846. The number of esters is 1. The topological polar surface area (TPSA) is 26.3 Å². The van der Waals surface area contributed by atoms with Gasteiger partial charge in [0.25, 0.3) is 0 Å². The van der Waals surface area contributed by atoms with Crippen molar-refractivity contribution >= 4 is 16.2 Å². The van der Waals surface area contributed by atoms with Crippen molar-refractivity contribution in [3.05, 3.63) is 30.3 Å². The second-order valence-corrected chi connectivity index (χ2v) is 7.34. The van der Waals surface area contributed by atoms with Crippen molar-refractivity contribution in [2.24, 2.45) is 5.92 Å². The van der Waals surface area contributed by atoms with Crippen molar-refractivity contribution in [2.75, 3.05) is 0 Å². The third-order valence-corrected chi connectivity index (χ3v) is 5.89. The fraction of sp³-hybridized carbons (Fsp3) is 0.562. The number of carbonyl (C=O) groups is 1. The molecule has 0 aliphatic rings. The molecule has 0 heterocycles. The summed E-state index contributed by atoms with van der Waals surface area (Å²) in [6.45, 7) is 6.51. The second kappa shape index (κ2) is 7.48. The van der Waals surface area contributed by atoms with Crippen LogP contribution in [0.15, 0.2) is 30.3 Å². The Morgan fingerprint density at radius 3 is 2.42 bits per heavy atom. The van der Waals surface area contributed by atoms with Gasteiger partial charge in [0.15, 0.2) is 0 Å². The first-order valence-electron chi connectivity index (χ1n) is 7.32. The molecule has 3 heteroatoms. The zero-order valence-electron chi connectivity index (χ0n) is 12.6. The summed E-state index contributed by atoms with van der Waals surface area (Å²) in [4.78, 5) is 12.6. The number of rotatable bonds is 7.